The van der Waals surface area contributed by atoms with Crippen molar-refractivity contribution < 1.29 is 14.3 Å². The van der Waals surface area contributed by atoms with E-state index in [9.17, 15) is 9.59 Å². The number of aryl methyl sites for hydroxylation is 2. The number of carbonyl (C=O) groups excluding carboxylic acids is 2. The number of hydrogen-bond donors (Lipinski definition) is 1. The van der Waals surface area contributed by atoms with Gasteiger partial charge >= 0.3 is 0 Å². The zero-order chi connectivity index (χ0) is 20.7. The van der Waals surface area contributed by atoms with E-state index in [4.69, 9.17) is 16.3 Å². The fourth-order valence-electron chi connectivity index (χ4n) is 2.87. The number of halogens is 1. The summed E-state index contributed by atoms with van der Waals surface area (Å²) < 4.78 is 5.74. The highest BCUT2D eigenvalue weighted by molar-refractivity contribution is 6.30. The maximum absolute atomic E-state index is 12.9. The number of benzene rings is 2. The van der Waals surface area contributed by atoms with Gasteiger partial charge in [-0.2, -0.15) is 0 Å². The first kappa shape index (κ1) is 21.8. The van der Waals surface area contributed by atoms with Crippen LogP contribution >= 0.6 is 11.6 Å². The molecule has 0 unspecified atom stereocenters. The Morgan fingerprint density at radius 3 is 2.43 bits per heavy atom. The van der Waals surface area contributed by atoms with Crippen molar-refractivity contribution in [2.75, 3.05) is 13.2 Å². The average Bonchev–Trinajstić information content (AvgIpc) is 2.66. The van der Waals surface area contributed by atoms with Crippen molar-refractivity contribution >= 4 is 23.4 Å². The summed E-state index contributed by atoms with van der Waals surface area (Å²) in [6.45, 7) is 8.17. The Morgan fingerprint density at radius 2 is 1.82 bits per heavy atom. The van der Waals surface area contributed by atoms with E-state index >= 15 is 0 Å². The Hall–Kier alpha value is -2.53. The van der Waals surface area contributed by atoms with Crippen molar-refractivity contribution in [3.63, 3.8) is 0 Å². The molecule has 0 aliphatic heterocycles. The molecule has 0 fully saturated rings. The summed E-state index contributed by atoms with van der Waals surface area (Å²) in [6, 6.07) is 12.4. The van der Waals surface area contributed by atoms with Crippen molar-refractivity contribution in [2.24, 2.45) is 0 Å². The van der Waals surface area contributed by atoms with Gasteiger partial charge in [0.2, 0.25) is 5.91 Å². The van der Waals surface area contributed by atoms with Crippen molar-refractivity contribution in [1.82, 2.24) is 10.2 Å². The van der Waals surface area contributed by atoms with Gasteiger partial charge in [0.05, 0.1) is 0 Å². The molecule has 0 saturated heterocycles. The zero-order valence-corrected chi connectivity index (χ0v) is 17.5. The molecule has 1 N–H and O–H groups in total. The second kappa shape index (κ2) is 10.1. The molecule has 150 valence electrons. The minimum Gasteiger partial charge on any atom is -0.483 e. The van der Waals surface area contributed by atoms with Crippen molar-refractivity contribution in [1.29, 1.82) is 0 Å². The highest BCUT2D eigenvalue weighted by Gasteiger charge is 2.26. The number of likely N-dealkylation sites (N-methyl/N-ethyl adjacent to an activating group) is 1. The van der Waals surface area contributed by atoms with Crippen molar-refractivity contribution in [2.45, 2.75) is 40.3 Å². The molecule has 28 heavy (non-hydrogen) atoms. The Bertz CT molecular complexity index is 821. The van der Waals surface area contributed by atoms with Crippen molar-refractivity contribution in [3.05, 3.63) is 64.2 Å². The Labute approximate surface area is 171 Å². The van der Waals surface area contributed by atoms with Crippen LogP contribution in [0.25, 0.3) is 0 Å². The molecule has 0 radical (unpaired) electrons. The van der Waals surface area contributed by atoms with Gasteiger partial charge < -0.3 is 15.0 Å². The van der Waals surface area contributed by atoms with E-state index in [1.54, 1.807) is 19.1 Å². The van der Waals surface area contributed by atoms with Gasteiger partial charge in [0.15, 0.2) is 6.61 Å². The van der Waals surface area contributed by atoms with Crippen LogP contribution < -0.4 is 10.1 Å². The molecule has 2 aromatic carbocycles. The van der Waals surface area contributed by atoms with E-state index in [2.05, 4.69) is 5.32 Å². The third-order valence-electron chi connectivity index (χ3n) is 4.47. The maximum atomic E-state index is 12.9. The number of ether oxygens (including phenoxy) is 1. The molecule has 0 aliphatic carbocycles. The van der Waals surface area contributed by atoms with Crippen LogP contribution in [0, 0.1) is 13.8 Å². The van der Waals surface area contributed by atoms with Crippen LogP contribution in [-0.2, 0) is 16.1 Å². The van der Waals surface area contributed by atoms with Gasteiger partial charge in [0.1, 0.15) is 11.8 Å². The summed E-state index contributed by atoms with van der Waals surface area (Å²) in [7, 11) is 0. The third-order valence-corrected chi connectivity index (χ3v) is 4.72. The number of nitrogens with one attached hydrogen (secondary N) is 1. The first-order valence-corrected chi connectivity index (χ1v) is 9.71. The van der Waals surface area contributed by atoms with Gasteiger partial charge in [-0.3, -0.25) is 9.59 Å². The predicted octanol–water partition coefficient (Wildman–Crippen LogP) is 3.89. The van der Waals surface area contributed by atoms with Crippen LogP contribution in [-0.4, -0.2) is 35.9 Å². The summed E-state index contributed by atoms with van der Waals surface area (Å²) in [6.07, 6.45) is 0. The Morgan fingerprint density at radius 1 is 1.14 bits per heavy atom. The lowest BCUT2D eigenvalue weighted by Gasteiger charge is -2.28. The van der Waals surface area contributed by atoms with Crippen LogP contribution in [0.3, 0.4) is 0 Å². The molecule has 0 heterocycles. The van der Waals surface area contributed by atoms with E-state index in [0.717, 1.165) is 16.7 Å². The summed E-state index contributed by atoms with van der Waals surface area (Å²) in [5.41, 5.74) is 2.99. The minimum absolute atomic E-state index is 0.138. The maximum Gasteiger partial charge on any atom is 0.261 e. The molecule has 1 atom stereocenters. The van der Waals surface area contributed by atoms with E-state index in [1.165, 1.54) is 4.90 Å². The van der Waals surface area contributed by atoms with Crippen LogP contribution in [0.4, 0.5) is 0 Å². The second-order valence-electron chi connectivity index (χ2n) is 6.78. The topological polar surface area (TPSA) is 58.6 Å². The smallest absolute Gasteiger partial charge is 0.261 e. The molecule has 2 amide bonds. The van der Waals surface area contributed by atoms with Crippen LogP contribution in [0.2, 0.25) is 5.02 Å². The van der Waals surface area contributed by atoms with Crippen LogP contribution in [0.5, 0.6) is 5.75 Å². The van der Waals surface area contributed by atoms with Crippen molar-refractivity contribution in [3.8, 4) is 5.75 Å². The first-order chi connectivity index (χ1) is 13.3. The molecule has 0 saturated carbocycles. The molecular formula is C22H27ClN2O3. The molecule has 0 aliphatic rings. The number of amides is 2. The summed E-state index contributed by atoms with van der Waals surface area (Å²) in [5.74, 6) is 0.209. The SMILES string of the molecule is CCNC(=O)[C@@H](C)N(Cc1ccc(Cl)cc1)C(=O)COc1ccc(C)cc1C. The van der Waals surface area contributed by atoms with Crippen LogP contribution in [0.15, 0.2) is 42.5 Å². The summed E-state index contributed by atoms with van der Waals surface area (Å²) in [5, 5.41) is 3.39. The number of rotatable bonds is 8. The van der Waals surface area contributed by atoms with E-state index in [0.29, 0.717) is 23.9 Å². The van der Waals surface area contributed by atoms with Gasteiger partial charge in [-0.1, -0.05) is 41.4 Å². The Balaban J connectivity index is 2.15. The largest absolute Gasteiger partial charge is 0.483 e. The van der Waals surface area contributed by atoms with Gasteiger partial charge in [-0.05, 0) is 57.0 Å². The molecule has 2 rings (SSSR count). The van der Waals surface area contributed by atoms with Gasteiger partial charge in [0, 0.05) is 18.1 Å². The number of nitrogens with zero attached hydrogens (tertiary/aromatic N) is 1. The molecular weight excluding hydrogens is 376 g/mol. The fourth-order valence-corrected chi connectivity index (χ4v) is 3.00. The predicted molar refractivity (Wildman–Crippen MR) is 112 cm³/mol. The average molecular weight is 403 g/mol. The first-order valence-electron chi connectivity index (χ1n) is 9.33. The van der Waals surface area contributed by atoms with E-state index in [1.807, 2.05) is 51.1 Å². The lowest BCUT2D eigenvalue weighted by Crippen LogP contribution is -2.49. The van der Waals surface area contributed by atoms with Gasteiger partial charge in [0.25, 0.3) is 5.91 Å². The molecule has 5 nitrogen and oxygen atoms in total. The molecule has 6 heteroatoms. The quantitative estimate of drug-likeness (QED) is 0.728. The van der Waals surface area contributed by atoms with Crippen LogP contribution in [0.1, 0.15) is 30.5 Å². The van der Waals surface area contributed by atoms with E-state index in [-0.39, 0.29) is 18.4 Å². The molecule has 2 aromatic rings. The molecule has 0 spiro atoms. The second-order valence-corrected chi connectivity index (χ2v) is 7.21. The minimum atomic E-state index is -0.620. The lowest BCUT2D eigenvalue weighted by molar-refractivity contribution is -0.142. The number of carbonyl (C=O) groups is 2. The highest BCUT2D eigenvalue weighted by Crippen LogP contribution is 2.19. The monoisotopic (exact) mass is 402 g/mol. The summed E-state index contributed by atoms with van der Waals surface area (Å²) in [4.78, 5) is 26.8. The zero-order valence-electron chi connectivity index (χ0n) is 16.8. The number of hydrogen-bond acceptors (Lipinski definition) is 3. The lowest BCUT2D eigenvalue weighted by atomic mass is 10.1. The summed E-state index contributed by atoms with van der Waals surface area (Å²) >= 11 is 5.94. The van der Waals surface area contributed by atoms with Gasteiger partial charge in [-0.15, -0.1) is 0 Å². The normalized spacial score (nSPS) is 11.6. The van der Waals surface area contributed by atoms with E-state index < -0.39 is 6.04 Å². The third kappa shape index (κ3) is 5.99. The Kier molecular flexibility index (Phi) is 7.88. The highest BCUT2D eigenvalue weighted by atomic mass is 35.5. The van der Waals surface area contributed by atoms with Gasteiger partial charge in [-0.25, -0.2) is 0 Å². The standard InChI is InChI=1S/C22H27ClN2O3/c1-5-24-22(27)17(4)25(13-18-7-9-19(23)10-8-18)21(26)14-28-20-11-6-15(2)12-16(20)3/h6-12,17H,5,13-14H2,1-4H3,(H,24,27)/t17-/m1/s1. The molecule has 0 aromatic heterocycles. The molecule has 0 bridgehead atoms. The fraction of sp³-hybridized carbons (Fsp3) is 0.364.